The van der Waals surface area contributed by atoms with Gasteiger partial charge >= 0.3 is 0 Å². The Bertz CT molecular complexity index is 386. The number of nitriles is 1. The molecule has 0 saturated carbocycles. The van der Waals surface area contributed by atoms with Gasteiger partial charge in [0.1, 0.15) is 11.7 Å². The summed E-state index contributed by atoms with van der Waals surface area (Å²) in [6, 6.07) is 5.63. The molecule has 0 spiro atoms. The highest BCUT2D eigenvalue weighted by Gasteiger charge is 2.27. The molecular weight excluding hydrogens is 204 g/mol. The lowest BCUT2D eigenvalue weighted by Gasteiger charge is -2.17. The average Bonchev–Trinajstić information content (AvgIpc) is 2.97. The summed E-state index contributed by atoms with van der Waals surface area (Å²) in [7, 11) is 0. The number of hydrogen-bond acceptors (Lipinski definition) is 3. The van der Waals surface area contributed by atoms with Crippen molar-refractivity contribution in [2.45, 2.75) is 19.3 Å². The predicted octanol–water partition coefficient (Wildman–Crippen LogP) is 1.58. The maximum absolute atomic E-state index is 12.0. The fourth-order valence-electron chi connectivity index (χ4n) is 1.98. The molecule has 2 rings (SSSR count). The smallest absolute Gasteiger partial charge is 0.240 e. The number of likely N-dealkylation sites (tertiary alicyclic amines) is 1. The van der Waals surface area contributed by atoms with E-state index >= 15 is 0 Å². The Morgan fingerprint density at radius 3 is 2.88 bits per heavy atom. The molecule has 1 atom stereocenters. The molecular formula is C12H14N2O2. The second kappa shape index (κ2) is 4.84. The number of carbonyl (C=O) groups is 1. The lowest BCUT2D eigenvalue weighted by molar-refractivity contribution is -0.132. The van der Waals surface area contributed by atoms with Crippen LogP contribution in [-0.2, 0) is 11.2 Å². The molecule has 1 unspecified atom stereocenters. The van der Waals surface area contributed by atoms with Crippen molar-refractivity contribution in [1.82, 2.24) is 4.90 Å². The molecule has 0 N–H and O–H groups in total. The lowest BCUT2D eigenvalue weighted by Crippen LogP contribution is -2.34. The van der Waals surface area contributed by atoms with Gasteiger partial charge in [-0.2, -0.15) is 5.26 Å². The monoisotopic (exact) mass is 218 g/mol. The van der Waals surface area contributed by atoms with E-state index in [1.54, 1.807) is 23.3 Å². The van der Waals surface area contributed by atoms with E-state index in [0.29, 0.717) is 12.2 Å². The Kier molecular flexibility index (Phi) is 3.25. The second-order valence-corrected chi connectivity index (χ2v) is 4.00. The molecule has 84 valence electrons. The van der Waals surface area contributed by atoms with Crippen LogP contribution in [-0.4, -0.2) is 23.9 Å². The van der Waals surface area contributed by atoms with Crippen LogP contribution in [0.4, 0.5) is 0 Å². The molecule has 0 radical (unpaired) electrons. The first-order chi connectivity index (χ1) is 7.81. The molecule has 0 bridgehead atoms. The summed E-state index contributed by atoms with van der Waals surface area (Å²) in [4.78, 5) is 13.7. The maximum Gasteiger partial charge on any atom is 0.240 e. The van der Waals surface area contributed by atoms with Gasteiger partial charge in [-0.05, 0) is 25.0 Å². The van der Waals surface area contributed by atoms with Gasteiger partial charge in [0.2, 0.25) is 5.91 Å². The van der Waals surface area contributed by atoms with Gasteiger partial charge in [0, 0.05) is 19.5 Å². The van der Waals surface area contributed by atoms with Gasteiger partial charge in [-0.15, -0.1) is 0 Å². The number of rotatable bonds is 3. The highest BCUT2D eigenvalue weighted by atomic mass is 16.3. The largest absolute Gasteiger partial charge is 0.469 e. The number of carbonyl (C=O) groups excluding carboxylic acids is 1. The fourth-order valence-corrected chi connectivity index (χ4v) is 1.98. The van der Waals surface area contributed by atoms with E-state index in [4.69, 9.17) is 9.68 Å². The van der Waals surface area contributed by atoms with Crippen molar-refractivity contribution in [2.75, 3.05) is 13.1 Å². The van der Waals surface area contributed by atoms with Crippen molar-refractivity contribution in [3.63, 3.8) is 0 Å². The highest BCUT2D eigenvalue weighted by Crippen LogP contribution is 2.15. The molecule has 2 heterocycles. The Morgan fingerprint density at radius 2 is 2.31 bits per heavy atom. The third-order valence-corrected chi connectivity index (χ3v) is 2.86. The Hall–Kier alpha value is -1.76. The summed E-state index contributed by atoms with van der Waals surface area (Å²) in [5.74, 6) is 0.0275. The highest BCUT2D eigenvalue weighted by molar-refractivity contribution is 5.81. The minimum Gasteiger partial charge on any atom is -0.469 e. The van der Waals surface area contributed by atoms with Gasteiger partial charge in [0.15, 0.2) is 0 Å². The molecule has 0 aliphatic carbocycles. The average molecular weight is 218 g/mol. The summed E-state index contributed by atoms with van der Waals surface area (Å²) in [5, 5.41) is 9.02. The van der Waals surface area contributed by atoms with E-state index in [9.17, 15) is 4.79 Å². The van der Waals surface area contributed by atoms with Gasteiger partial charge in [-0.1, -0.05) is 0 Å². The summed E-state index contributed by atoms with van der Waals surface area (Å²) in [5.41, 5.74) is 0. The van der Waals surface area contributed by atoms with Crippen LogP contribution in [0.25, 0.3) is 0 Å². The summed E-state index contributed by atoms with van der Waals surface area (Å²) < 4.78 is 5.16. The molecule has 1 aliphatic rings. The van der Waals surface area contributed by atoms with Crippen LogP contribution >= 0.6 is 0 Å². The minimum atomic E-state index is -0.607. The van der Waals surface area contributed by atoms with Gasteiger partial charge in [0.05, 0.1) is 12.3 Å². The molecule has 4 heteroatoms. The van der Waals surface area contributed by atoms with Crippen LogP contribution in [0.15, 0.2) is 22.8 Å². The van der Waals surface area contributed by atoms with Gasteiger partial charge in [-0.25, -0.2) is 0 Å². The van der Waals surface area contributed by atoms with E-state index in [1.807, 2.05) is 0 Å². The van der Waals surface area contributed by atoms with Crippen molar-refractivity contribution in [3.8, 4) is 6.07 Å². The topological polar surface area (TPSA) is 57.2 Å². The second-order valence-electron chi connectivity index (χ2n) is 4.00. The molecule has 0 aromatic carbocycles. The SMILES string of the molecule is N#CC(Cc1ccco1)C(=O)N1CCCC1. The van der Waals surface area contributed by atoms with Crippen molar-refractivity contribution in [2.24, 2.45) is 5.92 Å². The quantitative estimate of drug-likeness (QED) is 0.774. The van der Waals surface area contributed by atoms with Crippen LogP contribution in [0.5, 0.6) is 0 Å². The van der Waals surface area contributed by atoms with Crippen LogP contribution in [0.3, 0.4) is 0 Å². The minimum absolute atomic E-state index is 0.0589. The van der Waals surface area contributed by atoms with Crippen LogP contribution in [0.2, 0.25) is 0 Å². The molecule has 1 amide bonds. The molecule has 1 aromatic rings. The van der Waals surface area contributed by atoms with E-state index in [1.165, 1.54) is 0 Å². The summed E-state index contributed by atoms with van der Waals surface area (Å²) >= 11 is 0. The number of amides is 1. The lowest BCUT2D eigenvalue weighted by atomic mass is 10.0. The molecule has 1 fully saturated rings. The first kappa shape index (κ1) is 10.7. The van der Waals surface area contributed by atoms with E-state index in [-0.39, 0.29) is 5.91 Å². The Labute approximate surface area is 94.5 Å². The zero-order valence-corrected chi connectivity index (χ0v) is 9.06. The van der Waals surface area contributed by atoms with Crippen LogP contribution < -0.4 is 0 Å². The normalized spacial score (nSPS) is 17.1. The first-order valence-corrected chi connectivity index (χ1v) is 5.52. The predicted molar refractivity (Wildman–Crippen MR) is 57.3 cm³/mol. The summed E-state index contributed by atoms with van der Waals surface area (Å²) in [6.45, 7) is 1.57. The van der Waals surface area contributed by atoms with Crippen molar-refractivity contribution in [1.29, 1.82) is 5.26 Å². The maximum atomic E-state index is 12.0. The molecule has 1 aromatic heterocycles. The standard InChI is InChI=1S/C12H14N2O2/c13-9-10(8-11-4-3-7-16-11)12(15)14-5-1-2-6-14/h3-4,7,10H,1-2,5-6,8H2. The van der Waals surface area contributed by atoms with Crippen molar-refractivity contribution >= 4 is 5.91 Å². The zero-order chi connectivity index (χ0) is 11.4. The van der Waals surface area contributed by atoms with Crippen molar-refractivity contribution in [3.05, 3.63) is 24.2 Å². The van der Waals surface area contributed by atoms with Crippen LogP contribution in [0.1, 0.15) is 18.6 Å². The van der Waals surface area contributed by atoms with E-state index in [2.05, 4.69) is 6.07 Å². The van der Waals surface area contributed by atoms with Crippen molar-refractivity contribution < 1.29 is 9.21 Å². The molecule has 1 aliphatic heterocycles. The number of nitrogens with zero attached hydrogens (tertiary/aromatic N) is 2. The fraction of sp³-hybridized carbons (Fsp3) is 0.500. The molecule has 4 nitrogen and oxygen atoms in total. The zero-order valence-electron chi connectivity index (χ0n) is 9.06. The Balaban J connectivity index is 1.99. The molecule has 16 heavy (non-hydrogen) atoms. The van der Waals surface area contributed by atoms with Gasteiger partial charge in [-0.3, -0.25) is 4.79 Å². The van der Waals surface area contributed by atoms with E-state index < -0.39 is 5.92 Å². The van der Waals surface area contributed by atoms with Gasteiger partial charge in [0.25, 0.3) is 0 Å². The number of hydrogen-bond donors (Lipinski definition) is 0. The third kappa shape index (κ3) is 2.25. The van der Waals surface area contributed by atoms with Crippen LogP contribution in [0, 0.1) is 17.2 Å². The summed E-state index contributed by atoms with van der Waals surface area (Å²) in [6.07, 6.45) is 4.03. The first-order valence-electron chi connectivity index (χ1n) is 5.52. The van der Waals surface area contributed by atoms with E-state index in [0.717, 1.165) is 25.9 Å². The number of furan rings is 1. The third-order valence-electron chi connectivity index (χ3n) is 2.86. The Morgan fingerprint density at radius 1 is 1.56 bits per heavy atom. The molecule has 1 saturated heterocycles. The van der Waals surface area contributed by atoms with Gasteiger partial charge < -0.3 is 9.32 Å².